The summed E-state index contributed by atoms with van der Waals surface area (Å²) in [5.74, 6) is -0.496. The van der Waals surface area contributed by atoms with Crippen LogP contribution in [0, 0.1) is 19.7 Å². The van der Waals surface area contributed by atoms with E-state index in [2.05, 4.69) is 15.3 Å². The maximum absolute atomic E-state index is 14.5. The normalized spacial score (nSPS) is 11.4. The molecule has 41 heavy (non-hydrogen) atoms. The minimum atomic E-state index is -1.16. The molecule has 3 aromatic carbocycles. The van der Waals surface area contributed by atoms with E-state index in [0.29, 0.717) is 27.9 Å². The van der Waals surface area contributed by atoms with Gasteiger partial charge in [0.2, 0.25) is 5.91 Å². The molecule has 2 amide bonds. The predicted molar refractivity (Wildman–Crippen MR) is 157 cm³/mol. The first kappa shape index (κ1) is 29.5. The molecule has 0 saturated carbocycles. The van der Waals surface area contributed by atoms with Gasteiger partial charge in [-0.25, -0.2) is 14.4 Å². The smallest absolute Gasteiger partial charge is 0.251 e. The van der Waals surface area contributed by atoms with Crippen molar-refractivity contribution in [3.05, 3.63) is 107 Å². The van der Waals surface area contributed by atoms with Gasteiger partial charge in [0.25, 0.3) is 5.91 Å². The second-order valence-electron chi connectivity index (χ2n) is 9.24. The van der Waals surface area contributed by atoms with Crippen LogP contribution in [0.1, 0.15) is 28.6 Å². The molecule has 0 fully saturated rings. The van der Waals surface area contributed by atoms with E-state index >= 15 is 0 Å². The van der Waals surface area contributed by atoms with E-state index in [1.807, 2.05) is 50.2 Å². The van der Waals surface area contributed by atoms with Gasteiger partial charge in [-0.2, -0.15) is 0 Å². The number of rotatable bonds is 11. The Labute approximate surface area is 242 Å². The van der Waals surface area contributed by atoms with Gasteiger partial charge in [-0.05, 0) is 55.3 Å². The molecule has 0 bridgehead atoms. The van der Waals surface area contributed by atoms with E-state index in [0.717, 1.165) is 17.0 Å². The highest BCUT2D eigenvalue weighted by molar-refractivity contribution is 7.99. The van der Waals surface area contributed by atoms with E-state index in [1.54, 1.807) is 24.3 Å². The van der Waals surface area contributed by atoms with Gasteiger partial charge in [0.15, 0.2) is 5.16 Å². The van der Waals surface area contributed by atoms with Crippen LogP contribution in [-0.4, -0.2) is 46.7 Å². The maximum atomic E-state index is 14.5. The van der Waals surface area contributed by atoms with Crippen molar-refractivity contribution in [2.45, 2.75) is 31.6 Å². The predicted octanol–water partition coefficient (Wildman–Crippen LogP) is 5.75. The monoisotopic (exact) mass is 574 g/mol. The van der Waals surface area contributed by atoms with Crippen LogP contribution < -0.4 is 14.8 Å². The molecule has 212 valence electrons. The molecule has 10 heteroatoms. The van der Waals surface area contributed by atoms with E-state index < -0.39 is 17.8 Å². The first-order chi connectivity index (χ1) is 19.8. The third-order valence-corrected chi connectivity index (χ3v) is 7.03. The number of amides is 2. The number of benzene rings is 3. The molecule has 1 unspecified atom stereocenters. The number of anilines is 1. The fraction of sp³-hybridized carbons (Fsp3) is 0.226. The fourth-order valence-electron chi connectivity index (χ4n) is 4.32. The molecule has 0 spiro atoms. The molecule has 4 aromatic rings. The topological polar surface area (TPSA) is 93.7 Å². The lowest BCUT2D eigenvalue weighted by Crippen LogP contribution is -2.42. The van der Waals surface area contributed by atoms with Crippen LogP contribution in [0.25, 0.3) is 0 Å². The minimum Gasteiger partial charge on any atom is -0.497 e. The summed E-state index contributed by atoms with van der Waals surface area (Å²) < 4.78 is 25.2. The van der Waals surface area contributed by atoms with Gasteiger partial charge in [-0.1, -0.05) is 54.2 Å². The Hall–Kier alpha value is -4.44. The first-order valence-electron chi connectivity index (χ1n) is 12.8. The van der Waals surface area contributed by atoms with Crippen LogP contribution >= 0.6 is 11.8 Å². The number of halogens is 1. The molecule has 0 aliphatic rings. The van der Waals surface area contributed by atoms with Crippen LogP contribution in [0.4, 0.5) is 10.1 Å². The highest BCUT2D eigenvalue weighted by Gasteiger charge is 2.32. The van der Waals surface area contributed by atoms with E-state index in [9.17, 15) is 14.0 Å². The summed E-state index contributed by atoms with van der Waals surface area (Å²) in [6.45, 7) is 3.84. The molecule has 0 radical (unpaired) electrons. The summed E-state index contributed by atoms with van der Waals surface area (Å²) in [6, 6.07) is 20.7. The van der Waals surface area contributed by atoms with Gasteiger partial charge < -0.3 is 19.7 Å². The van der Waals surface area contributed by atoms with Crippen molar-refractivity contribution in [3.63, 3.8) is 0 Å². The van der Waals surface area contributed by atoms with E-state index in [-0.39, 0.29) is 18.2 Å². The Bertz CT molecular complexity index is 1500. The SMILES string of the molecule is COc1ccc(NC(=O)C(c2cccc(F)c2)N(Cc2ccccc2)C(=O)CSc2nc(C)cc(C)n2)c(OC)c1. The lowest BCUT2D eigenvalue weighted by atomic mass is 10.0. The van der Waals surface area contributed by atoms with Crippen LogP contribution in [0.2, 0.25) is 0 Å². The number of hydrogen-bond acceptors (Lipinski definition) is 7. The average molecular weight is 575 g/mol. The molecule has 4 rings (SSSR count). The quantitative estimate of drug-likeness (QED) is 0.180. The average Bonchev–Trinajstić information content (AvgIpc) is 2.96. The number of nitrogens with zero attached hydrogens (tertiary/aromatic N) is 3. The zero-order chi connectivity index (χ0) is 29.4. The summed E-state index contributed by atoms with van der Waals surface area (Å²) >= 11 is 1.18. The lowest BCUT2D eigenvalue weighted by Gasteiger charge is -2.31. The number of methoxy groups -OCH3 is 2. The molecule has 8 nitrogen and oxygen atoms in total. The van der Waals surface area contributed by atoms with Crippen molar-refractivity contribution < 1.29 is 23.5 Å². The van der Waals surface area contributed by atoms with Crippen LogP contribution in [-0.2, 0) is 16.1 Å². The van der Waals surface area contributed by atoms with E-state index in [4.69, 9.17) is 9.47 Å². The zero-order valence-electron chi connectivity index (χ0n) is 23.3. The molecule has 0 aliphatic heterocycles. The van der Waals surface area contributed by atoms with Crippen molar-refractivity contribution in [3.8, 4) is 11.5 Å². The van der Waals surface area contributed by atoms with Gasteiger partial charge in [-0.3, -0.25) is 9.59 Å². The molecule has 1 aromatic heterocycles. The minimum absolute atomic E-state index is 0.0271. The lowest BCUT2D eigenvalue weighted by molar-refractivity contribution is -0.137. The second kappa shape index (κ2) is 13.8. The van der Waals surface area contributed by atoms with Crippen LogP contribution in [0.3, 0.4) is 0 Å². The largest absolute Gasteiger partial charge is 0.497 e. The number of hydrogen-bond donors (Lipinski definition) is 1. The number of thioether (sulfide) groups is 1. The number of aryl methyl sites for hydroxylation is 2. The Morgan fingerprint density at radius 1 is 0.927 bits per heavy atom. The summed E-state index contributed by atoms with van der Waals surface area (Å²) in [6.07, 6.45) is 0. The van der Waals surface area contributed by atoms with Crippen molar-refractivity contribution in [1.29, 1.82) is 0 Å². The number of nitrogens with one attached hydrogen (secondary N) is 1. The molecule has 1 atom stereocenters. The molecule has 0 aliphatic carbocycles. The van der Waals surface area contributed by atoms with Crippen LogP contribution in [0.5, 0.6) is 11.5 Å². The highest BCUT2D eigenvalue weighted by Crippen LogP contribution is 2.32. The van der Waals surface area contributed by atoms with Crippen molar-refractivity contribution in [1.82, 2.24) is 14.9 Å². The van der Waals surface area contributed by atoms with Gasteiger partial charge in [0.05, 0.1) is 25.7 Å². The Balaban J connectivity index is 1.72. The summed E-state index contributed by atoms with van der Waals surface area (Å²) in [7, 11) is 3.01. The molecule has 1 heterocycles. The Morgan fingerprint density at radius 3 is 2.32 bits per heavy atom. The second-order valence-corrected chi connectivity index (χ2v) is 10.2. The van der Waals surface area contributed by atoms with Crippen molar-refractivity contribution in [2.75, 3.05) is 25.3 Å². The van der Waals surface area contributed by atoms with Gasteiger partial charge in [0.1, 0.15) is 23.4 Å². The maximum Gasteiger partial charge on any atom is 0.251 e. The first-order valence-corrected chi connectivity index (χ1v) is 13.8. The standard InChI is InChI=1S/C31H31FN4O4S/c1-20-15-21(2)34-31(33-20)41-19-28(37)36(18-22-9-6-5-7-10-22)29(23-11-8-12-24(32)16-23)30(38)35-26-14-13-25(39-3)17-27(26)40-4/h5-17,29H,18-19H2,1-4H3,(H,35,38). The van der Waals surface area contributed by atoms with Crippen molar-refractivity contribution in [2.24, 2.45) is 0 Å². The van der Waals surface area contributed by atoms with Gasteiger partial charge in [-0.15, -0.1) is 0 Å². The molecule has 0 saturated heterocycles. The third kappa shape index (κ3) is 7.82. The molecular formula is C31H31FN4O4S. The van der Waals surface area contributed by atoms with Crippen molar-refractivity contribution >= 4 is 29.3 Å². The fourth-order valence-corrected chi connectivity index (χ4v) is 5.16. The number of carbonyl (C=O) groups excluding carboxylic acids is 2. The molecular weight excluding hydrogens is 543 g/mol. The Kier molecular flexibility index (Phi) is 9.91. The number of ether oxygens (including phenoxy) is 2. The van der Waals surface area contributed by atoms with Gasteiger partial charge >= 0.3 is 0 Å². The molecule has 1 N–H and O–H groups in total. The Morgan fingerprint density at radius 2 is 1.66 bits per heavy atom. The summed E-state index contributed by atoms with van der Waals surface area (Å²) in [5.41, 5.74) is 3.10. The number of aromatic nitrogens is 2. The zero-order valence-corrected chi connectivity index (χ0v) is 24.1. The van der Waals surface area contributed by atoms with Crippen LogP contribution in [0.15, 0.2) is 84.0 Å². The van der Waals surface area contributed by atoms with Gasteiger partial charge in [0, 0.05) is 24.0 Å². The van der Waals surface area contributed by atoms with E-state index in [1.165, 1.54) is 49.1 Å². The summed E-state index contributed by atoms with van der Waals surface area (Å²) in [5, 5.41) is 3.34. The highest BCUT2D eigenvalue weighted by atomic mass is 32.2. The third-order valence-electron chi connectivity index (χ3n) is 6.19. The number of carbonyl (C=O) groups is 2. The summed E-state index contributed by atoms with van der Waals surface area (Å²) in [4.78, 5) is 38.2.